The lowest BCUT2D eigenvalue weighted by molar-refractivity contribution is 0.521. The Bertz CT molecular complexity index is 482. The molecule has 1 heterocycles. The fourth-order valence-electron chi connectivity index (χ4n) is 2.78. The number of aromatic nitrogens is 2. The third-order valence-corrected chi connectivity index (χ3v) is 4.18. The first kappa shape index (κ1) is 15.1. The first-order chi connectivity index (χ1) is 9.25. The van der Waals surface area contributed by atoms with Crippen LogP contribution < -0.4 is 10.6 Å². The van der Waals surface area contributed by atoms with Crippen molar-refractivity contribution in [1.29, 1.82) is 0 Å². The Morgan fingerprint density at radius 1 is 1.05 bits per heavy atom. The molecule has 1 aromatic heterocycles. The van der Waals surface area contributed by atoms with Crippen LogP contribution in [0.4, 0.5) is 11.6 Å². The van der Waals surface area contributed by atoms with Gasteiger partial charge in [-0.2, -0.15) is 0 Å². The summed E-state index contributed by atoms with van der Waals surface area (Å²) >= 11 is 0. The lowest BCUT2D eigenvalue weighted by Gasteiger charge is -2.29. The highest BCUT2D eigenvalue weighted by atomic mass is 15.1. The molecule has 0 radical (unpaired) electrons. The second kappa shape index (κ2) is 5.23. The molecule has 0 spiro atoms. The minimum absolute atomic E-state index is 0.0493. The third-order valence-electron chi connectivity index (χ3n) is 4.18. The molecule has 20 heavy (non-hydrogen) atoms. The largest absolute Gasteiger partial charge is 0.373 e. The van der Waals surface area contributed by atoms with Gasteiger partial charge in [-0.25, -0.2) is 9.97 Å². The number of rotatable bonds is 3. The van der Waals surface area contributed by atoms with E-state index in [4.69, 9.17) is 4.98 Å². The maximum absolute atomic E-state index is 4.80. The quantitative estimate of drug-likeness (QED) is 0.880. The monoisotopic (exact) mass is 276 g/mol. The summed E-state index contributed by atoms with van der Waals surface area (Å²) in [4.78, 5) is 9.46. The zero-order valence-corrected chi connectivity index (χ0v) is 13.7. The van der Waals surface area contributed by atoms with Gasteiger partial charge < -0.3 is 10.6 Å². The Balaban J connectivity index is 2.40. The van der Waals surface area contributed by atoms with Crippen LogP contribution in [0.5, 0.6) is 0 Å². The first-order valence-corrected chi connectivity index (χ1v) is 7.60. The first-order valence-electron chi connectivity index (χ1n) is 7.60. The summed E-state index contributed by atoms with van der Waals surface area (Å²) < 4.78 is 0. The molecular weight excluding hydrogens is 248 g/mol. The average Bonchev–Trinajstić information content (AvgIpc) is 2.77. The molecule has 1 aliphatic rings. The average molecular weight is 276 g/mol. The fourth-order valence-corrected chi connectivity index (χ4v) is 2.78. The Kier molecular flexibility index (Phi) is 3.94. The summed E-state index contributed by atoms with van der Waals surface area (Å²) in [6.07, 6.45) is 5.05. The number of anilines is 2. The van der Waals surface area contributed by atoms with Crippen LogP contribution in [-0.4, -0.2) is 22.6 Å². The van der Waals surface area contributed by atoms with Crippen molar-refractivity contribution in [1.82, 2.24) is 9.97 Å². The highest BCUT2D eigenvalue weighted by molar-refractivity contribution is 5.58. The molecule has 0 atom stereocenters. The Hall–Kier alpha value is -1.32. The van der Waals surface area contributed by atoms with Gasteiger partial charge in [0, 0.05) is 23.6 Å². The van der Waals surface area contributed by atoms with E-state index in [0.717, 1.165) is 23.0 Å². The lowest BCUT2D eigenvalue weighted by Crippen LogP contribution is -2.32. The van der Waals surface area contributed by atoms with Crippen molar-refractivity contribution >= 4 is 11.6 Å². The Labute approximate surface area is 122 Å². The van der Waals surface area contributed by atoms with Crippen LogP contribution in [-0.2, 0) is 5.41 Å². The van der Waals surface area contributed by atoms with Crippen LogP contribution in [0, 0.1) is 6.92 Å². The van der Waals surface area contributed by atoms with Crippen molar-refractivity contribution in [3.8, 4) is 0 Å². The van der Waals surface area contributed by atoms with E-state index < -0.39 is 0 Å². The second-order valence-corrected chi connectivity index (χ2v) is 7.26. The van der Waals surface area contributed by atoms with Crippen molar-refractivity contribution in [2.75, 3.05) is 17.7 Å². The van der Waals surface area contributed by atoms with Gasteiger partial charge in [-0.05, 0) is 26.7 Å². The number of nitrogens with one attached hydrogen (secondary N) is 2. The minimum atomic E-state index is -0.0493. The van der Waals surface area contributed by atoms with E-state index in [1.54, 1.807) is 0 Å². The molecule has 2 N–H and O–H groups in total. The van der Waals surface area contributed by atoms with E-state index in [0.29, 0.717) is 0 Å². The predicted octanol–water partition coefficient (Wildman–Crippen LogP) is 3.87. The standard InChI is InChI=1S/C16H28N4/c1-11-12(17-6)18-14(15(2,3)4)19-13(11)20-16(5)9-7-8-10-16/h7-10H2,1-6H3,(H2,17,18,19,20). The van der Waals surface area contributed by atoms with Gasteiger partial charge in [-0.1, -0.05) is 33.6 Å². The van der Waals surface area contributed by atoms with Crippen molar-refractivity contribution in [3.05, 3.63) is 11.4 Å². The minimum Gasteiger partial charge on any atom is -0.373 e. The highest BCUT2D eigenvalue weighted by Crippen LogP contribution is 2.34. The molecule has 4 heteroatoms. The van der Waals surface area contributed by atoms with Crippen LogP contribution in [0.2, 0.25) is 0 Å². The zero-order chi connectivity index (χ0) is 15.0. The second-order valence-electron chi connectivity index (χ2n) is 7.26. The predicted molar refractivity (Wildman–Crippen MR) is 85.5 cm³/mol. The van der Waals surface area contributed by atoms with Gasteiger partial charge in [0.25, 0.3) is 0 Å². The molecule has 112 valence electrons. The summed E-state index contributed by atoms with van der Waals surface area (Å²) in [5.74, 6) is 2.80. The molecule has 0 amide bonds. The van der Waals surface area contributed by atoms with Crippen LogP contribution in [0.3, 0.4) is 0 Å². The molecule has 1 aliphatic carbocycles. The fraction of sp³-hybridized carbons (Fsp3) is 0.750. The Morgan fingerprint density at radius 2 is 1.60 bits per heavy atom. The SMILES string of the molecule is CNc1nc(C(C)(C)C)nc(NC2(C)CCCC2)c1C. The summed E-state index contributed by atoms with van der Waals surface area (Å²) in [5.41, 5.74) is 1.24. The van der Waals surface area contributed by atoms with E-state index in [2.05, 4.69) is 50.2 Å². The van der Waals surface area contributed by atoms with Gasteiger partial charge in [0.1, 0.15) is 17.5 Å². The van der Waals surface area contributed by atoms with Crippen molar-refractivity contribution in [2.24, 2.45) is 0 Å². The van der Waals surface area contributed by atoms with E-state index in [9.17, 15) is 0 Å². The summed E-state index contributed by atoms with van der Waals surface area (Å²) in [6.45, 7) is 10.8. The molecule has 0 saturated heterocycles. The summed E-state index contributed by atoms with van der Waals surface area (Å²) in [5, 5.41) is 6.88. The molecule has 1 saturated carbocycles. The number of hydrogen-bond donors (Lipinski definition) is 2. The smallest absolute Gasteiger partial charge is 0.138 e. The van der Waals surface area contributed by atoms with Gasteiger partial charge >= 0.3 is 0 Å². The highest BCUT2D eigenvalue weighted by Gasteiger charge is 2.30. The molecule has 0 aliphatic heterocycles. The van der Waals surface area contributed by atoms with E-state index in [1.165, 1.54) is 25.7 Å². The number of hydrogen-bond acceptors (Lipinski definition) is 4. The van der Waals surface area contributed by atoms with Crippen molar-refractivity contribution < 1.29 is 0 Å². The topological polar surface area (TPSA) is 49.8 Å². The van der Waals surface area contributed by atoms with E-state index in [1.807, 2.05) is 7.05 Å². The maximum Gasteiger partial charge on any atom is 0.138 e. The van der Waals surface area contributed by atoms with Crippen LogP contribution >= 0.6 is 0 Å². The molecule has 0 aromatic carbocycles. The van der Waals surface area contributed by atoms with Gasteiger partial charge in [0.15, 0.2) is 0 Å². The molecule has 4 nitrogen and oxygen atoms in total. The van der Waals surface area contributed by atoms with Crippen molar-refractivity contribution in [3.63, 3.8) is 0 Å². The molecular formula is C16H28N4. The van der Waals surface area contributed by atoms with Gasteiger partial charge in [-0.3, -0.25) is 0 Å². The maximum atomic E-state index is 4.80. The lowest BCUT2D eigenvalue weighted by atomic mass is 9.95. The summed E-state index contributed by atoms with van der Waals surface area (Å²) in [6, 6.07) is 0. The van der Waals surface area contributed by atoms with Crippen molar-refractivity contribution in [2.45, 2.75) is 71.3 Å². The van der Waals surface area contributed by atoms with Crippen LogP contribution in [0.25, 0.3) is 0 Å². The van der Waals surface area contributed by atoms with E-state index in [-0.39, 0.29) is 11.0 Å². The van der Waals surface area contributed by atoms with Crippen LogP contribution in [0.15, 0.2) is 0 Å². The van der Waals surface area contributed by atoms with E-state index >= 15 is 0 Å². The van der Waals surface area contributed by atoms with Crippen LogP contribution in [0.1, 0.15) is 64.8 Å². The molecule has 0 bridgehead atoms. The normalized spacial score (nSPS) is 18.1. The Morgan fingerprint density at radius 3 is 2.10 bits per heavy atom. The zero-order valence-electron chi connectivity index (χ0n) is 13.7. The summed E-state index contributed by atoms with van der Waals surface area (Å²) in [7, 11) is 1.92. The van der Waals surface area contributed by atoms with Gasteiger partial charge in [0.05, 0.1) is 0 Å². The molecule has 2 rings (SSSR count). The van der Waals surface area contributed by atoms with Gasteiger partial charge in [-0.15, -0.1) is 0 Å². The number of nitrogens with zero attached hydrogens (tertiary/aromatic N) is 2. The molecule has 0 unspecified atom stereocenters. The van der Waals surface area contributed by atoms with Gasteiger partial charge in [0.2, 0.25) is 0 Å². The molecule has 1 aromatic rings. The third kappa shape index (κ3) is 3.05. The molecule has 1 fully saturated rings.